The number of nitro benzene ring substituents is 1. The Labute approximate surface area is 81.3 Å². The van der Waals surface area contributed by atoms with E-state index in [0.717, 1.165) is 6.07 Å². The Hall–Kier alpha value is -1.17. The Bertz CT molecular complexity index is 354. The van der Waals surface area contributed by atoms with Gasteiger partial charge in [0.1, 0.15) is 0 Å². The molecule has 0 saturated heterocycles. The van der Waals surface area contributed by atoms with Crippen molar-refractivity contribution in [2.75, 3.05) is 0 Å². The number of phenolic OH excluding ortho intramolecular Hbond substituents is 1. The lowest BCUT2D eigenvalue weighted by atomic mass is 10.2. The Balaban J connectivity index is 3.56. The summed E-state index contributed by atoms with van der Waals surface area (Å²) >= 11 is 2.94. The van der Waals surface area contributed by atoms with Crippen LogP contribution < -0.4 is 0 Å². The molecule has 0 bridgehead atoms. The largest absolute Gasteiger partial charge is 0.500 e. The molecule has 0 radical (unpaired) electrons. The molecule has 0 atom stereocenters. The number of nitro groups is 1. The first kappa shape index (κ1) is 9.91. The highest BCUT2D eigenvalue weighted by molar-refractivity contribution is 9.10. The van der Waals surface area contributed by atoms with E-state index in [9.17, 15) is 14.5 Å². The molecule has 1 N–H and O–H groups in total. The van der Waals surface area contributed by atoms with E-state index in [1.54, 1.807) is 0 Å². The Morgan fingerprint density at radius 2 is 2.23 bits per heavy atom. The lowest BCUT2D eigenvalue weighted by Gasteiger charge is -2.02. The lowest BCUT2D eigenvalue weighted by molar-refractivity contribution is -0.386. The normalized spacial score (nSPS) is 10.1. The maximum absolute atomic E-state index is 12.8. The minimum Gasteiger partial charge on any atom is -0.500 e. The van der Waals surface area contributed by atoms with Crippen molar-refractivity contribution in [2.24, 2.45) is 0 Å². The minimum absolute atomic E-state index is 0.198. The van der Waals surface area contributed by atoms with Crippen LogP contribution in [0.4, 0.5) is 10.1 Å². The first-order valence-electron chi connectivity index (χ1n) is 3.27. The van der Waals surface area contributed by atoms with Crippen molar-refractivity contribution >= 4 is 21.6 Å². The Morgan fingerprint density at radius 1 is 1.69 bits per heavy atom. The summed E-state index contributed by atoms with van der Waals surface area (Å²) in [5.74, 6) is -1.94. The molecule has 0 aliphatic rings. The molecule has 1 aromatic rings. The van der Waals surface area contributed by atoms with E-state index in [1.807, 2.05) is 0 Å². The van der Waals surface area contributed by atoms with E-state index in [1.165, 1.54) is 6.92 Å². The van der Waals surface area contributed by atoms with Gasteiger partial charge in [-0.3, -0.25) is 10.1 Å². The zero-order chi connectivity index (χ0) is 10.2. The van der Waals surface area contributed by atoms with Crippen LogP contribution in [0.5, 0.6) is 5.75 Å². The summed E-state index contributed by atoms with van der Waals surface area (Å²) in [5.41, 5.74) is -0.407. The molecule has 0 aromatic heterocycles. The first-order valence-corrected chi connectivity index (χ1v) is 4.06. The smallest absolute Gasteiger partial charge is 0.317 e. The van der Waals surface area contributed by atoms with Crippen LogP contribution in [-0.4, -0.2) is 10.0 Å². The molecular formula is C7H5BrFNO3. The summed E-state index contributed by atoms with van der Waals surface area (Å²) < 4.78 is 13.1. The number of phenols is 1. The predicted molar refractivity (Wildman–Crippen MR) is 47.2 cm³/mol. The zero-order valence-electron chi connectivity index (χ0n) is 6.54. The third-order valence-corrected chi connectivity index (χ3v) is 2.42. The van der Waals surface area contributed by atoms with E-state index in [0.29, 0.717) is 0 Å². The van der Waals surface area contributed by atoms with E-state index in [4.69, 9.17) is 5.11 Å². The second-order valence-corrected chi connectivity index (χ2v) is 3.27. The first-order chi connectivity index (χ1) is 5.95. The Kier molecular flexibility index (Phi) is 2.51. The second kappa shape index (κ2) is 3.29. The highest BCUT2D eigenvalue weighted by atomic mass is 79.9. The van der Waals surface area contributed by atoms with Crippen molar-refractivity contribution in [3.63, 3.8) is 0 Å². The van der Waals surface area contributed by atoms with Gasteiger partial charge in [0, 0.05) is 10.0 Å². The number of hydrogen-bond acceptors (Lipinski definition) is 3. The quantitative estimate of drug-likeness (QED) is 0.615. The summed E-state index contributed by atoms with van der Waals surface area (Å²) in [5, 5.41) is 19.4. The van der Waals surface area contributed by atoms with Gasteiger partial charge in [0.15, 0.2) is 5.82 Å². The maximum Gasteiger partial charge on any atom is 0.317 e. The number of nitrogens with zero attached hydrogens (tertiary/aromatic N) is 1. The molecule has 0 amide bonds. The topological polar surface area (TPSA) is 63.4 Å². The van der Waals surface area contributed by atoms with Crippen LogP contribution in [0, 0.1) is 22.9 Å². The van der Waals surface area contributed by atoms with Gasteiger partial charge in [-0.1, -0.05) is 15.9 Å². The van der Waals surface area contributed by atoms with Gasteiger partial charge in [-0.25, -0.2) is 4.39 Å². The monoisotopic (exact) mass is 249 g/mol. The molecule has 0 aliphatic heterocycles. The number of aromatic hydroxyl groups is 1. The number of rotatable bonds is 1. The molecule has 0 aliphatic carbocycles. The van der Waals surface area contributed by atoms with Crippen molar-refractivity contribution in [1.82, 2.24) is 0 Å². The third-order valence-electron chi connectivity index (χ3n) is 1.60. The molecule has 70 valence electrons. The Morgan fingerprint density at radius 3 is 2.69 bits per heavy atom. The molecule has 4 nitrogen and oxygen atoms in total. The van der Waals surface area contributed by atoms with Crippen molar-refractivity contribution in [3.8, 4) is 5.75 Å². The van der Waals surface area contributed by atoms with Crippen LogP contribution >= 0.6 is 15.9 Å². The van der Waals surface area contributed by atoms with Gasteiger partial charge in [0.2, 0.25) is 5.75 Å². The molecule has 0 heterocycles. The van der Waals surface area contributed by atoms with Crippen molar-refractivity contribution in [1.29, 1.82) is 0 Å². The van der Waals surface area contributed by atoms with Crippen LogP contribution in [0.1, 0.15) is 5.56 Å². The van der Waals surface area contributed by atoms with Gasteiger partial charge < -0.3 is 5.11 Å². The fourth-order valence-corrected chi connectivity index (χ4v) is 1.30. The highest BCUT2D eigenvalue weighted by Gasteiger charge is 2.23. The SMILES string of the molecule is Cc1c(Br)cc(F)c(O)c1[N+](=O)[O-]. The summed E-state index contributed by atoms with van der Waals surface area (Å²) in [6.45, 7) is 1.42. The van der Waals surface area contributed by atoms with Gasteiger partial charge in [0.25, 0.3) is 0 Å². The fourth-order valence-electron chi connectivity index (χ4n) is 0.915. The summed E-state index contributed by atoms with van der Waals surface area (Å²) in [7, 11) is 0. The van der Waals surface area contributed by atoms with Crippen molar-refractivity contribution < 1.29 is 14.4 Å². The molecule has 0 spiro atoms. The lowest BCUT2D eigenvalue weighted by Crippen LogP contribution is -1.95. The molecule has 0 fully saturated rings. The van der Waals surface area contributed by atoms with Gasteiger partial charge in [-0.2, -0.15) is 0 Å². The number of hydrogen-bond donors (Lipinski definition) is 1. The molecule has 0 saturated carbocycles. The minimum atomic E-state index is -1.01. The summed E-state index contributed by atoms with van der Waals surface area (Å²) in [4.78, 5) is 9.58. The fraction of sp³-hybridized carbons (Fsp3) is 0.143. The standard InChI is InChI=1S/C7H5BrFNO3/c1-3-4(8)2-5(9)7(11)6(3)10(12)13/h2,11H,1H3. The van der Waals surface area contributed by atoms with Crippen molar-refractivity contribution in [3.05, 3.63) is 32.0 Å². The van der Waals surface area contributed by atoms with Gasteiger partial charge in [-0.15, -0.1) is 0 Å². The third kappa shape index (κ3) is 1.62. The summed E-state index contributed by atoms with van der Waals surface area (Å²) in [6.07, 6.45) is 0. The van der Waals surface area contributed by atoms with Crippen LogP contribution in [0.3, 0.4) is 0 Å². The molecule has 0 unspecified atom stereocenters. The van der Waals surface area contributed by atoms with E-state index < -0.39 is 22.2 Å². The molecule has 1 rings (SSSR count). The highest BCUT2D eigenvalue weighted by Crippen LogP contribution is 2.36. The van der Waals surface area contributed by atoms with E-state index in [2.05, 4.69) is 15.9 Å². The average Bonchev–Trinajstić information content (AvgIpc) is 2.01. The van der Waals surface area contributed by atoms with Gasteiger partial charge in [0.05, 0.1) is 4.92 Å². The summed E-state index contributed by atoms with van der Waals surface area (Å²) in [6, 6.07) is 0.984. The van der Waals surface area contributed by atoms with Gasteiger partial charge in [-0.05, 0) is 13.0 Å². The van der Waals surface area contributed by atoms with E-state index >= 15 is 0 Å². The number of benzene rings is 1. The average molecular weight is 250 g/mol. The molecule has 1 aromatic carbocycles. The zero-order valence-corrected chi connectivity index (χ0v) is 8.13. The van der Waals surface area contributed by atoms with Gasteiger partial charge >= 0.3 is 5.69 Å². The number of halogens is 2. The van der Waals surface area contributed by atoms with E-state index in [-0.39, 0.29) is 10.0 Å². The molecule has 13 heavy (non-hydrogen) atoms. The maximum atomic E-state index is 12.8. The van der Waals surface area contributed by atoms with Crippen molar-refractivity contribution in [2.45, 2.75) is 6.92 Å². The second-order valence-electron chi connectivity index (χ2n) is 2.42. The molecular weight excluding hydrogens is 245 g/mol. The van der Waals surface area contributed by atoms with Crippen LogP contribution in [0.2, 0.25) is 0 Å². The molecule has 6 heteroatoms. The van der Waals surface area contributed by atoms with Crippen LogP contribution in [0.25, 0.3) is 0 Å². The van der Waals surface area contributed by atoms with Crippen LogP contribution in [0.15, 0.2) is 10.5 Å². The predicted octanol–water partition coefficient (Wildman–Crippen LogP) is 2.51. The van der Waals surface area contributed by atoms with Crippen LogP contribution in [-0.2, 0) is 0 Å².